The number of carboxylic acid groups (broad SMARTS) is 1. The Morgan fingerprint density at radius 3 is 3.11 bits per heavy atom. The molecule has 0 fully saturated rings. The molecule has 0 radical (unpaired) electrons. The van der Waals surface area contributed by atoms with Crippen molar-refractivity contribution in [1.29, 1.82) is 0 Å². The standard InChI is InChI=1S/C14H16N2O3/c1-19-12-4-2-3-9-10(7-13(17)18)11-8-15-5-6-16(11)14(9)12/h2-4,15H,5-8H2,1H3,(H,17,18). The molecule has 0 saturated carbocycles. The van der Waals surface area contributed by atoms with Crippen molar-refractivity contribution in [3.05, 3.63) is 29.5 Å². The van der Waals surface area contributed by atoms with E-state index in [0.717, 1.165) is 41.0 Å². The molecule has 0 aliphatic carbocycles. The Bertz CT molecular complexity index is 646. The average Bonchev–Trinajstić information content (AvgIpc) is 2.73. The Hall–Kier alpha value is -2.01. The van der Waals surface area contributed by atoms with Crippen LogP contribution in [0.2, 0.25) is 0 Å². The Balaban J connectivity index is 2.32. The zero-order valence-corrected chi connectivity index (χ0v) is 10.8. The minimum absolute atomic E-state index is 0.0493. The van der Waals surface area contributed by atoms with Gasteiger partial charge in [0.05, 0.1) is 19.0 Å². The summed E-state index contributed by atoms with van der Waals surface area (Å²) >= 11 is 0. The number of carbonyl (C=O) groups is 1. The van der Waals surface area contributed by atoms with E-state index in [-0.39, 0.29) is 6.42 Å². The Kier molecular flexibility index (Phi) is 2.91. The average molecular weight is 260 g/mol. The lowest BCUT2D eigenvalue weighted by Gasteiger charge is -2.19. The number of para-hydroxylation sites is 1. The van der Waals surface area contributed by atoms with E-state index in [1.807, 2.05) is 18.2 Å². The third kappa shape index (κ3) is 1.86. The topological polar surface area (TPSA) is 63.5 Å². The van der Waals surface area contributed by atoms with E-state index >= 15 is 0 Å². The summed E-state index contributed by atoms with van der Waals surface area (Å²) in [5.74, 6) is 0.000909. The number of aromatic nitrogens is 1. The second kappa shape index (κ2) is 4.59. The maximum absolute atomic E-state index is 11.1. The minimum atomic E-state index is -0.802. The van der Waals surface area contributed by atoms with Crippen molar-refractivity contribution in [1.82, 2.24) is 9.88 Å². The zero-order chi connectivity index (χ0) is 13.4. The quantitative estimate of drug-likeness (QED) is 0.875. The van der Waals surface area contributed by atoms with Crippen molar-refractivity contribution < 1.29 is 14.6 Å². The molecule has 0 amide bonds. The first-order chi connectivity index (χ1) is 9.22. The van der Waals surface area contributed by atoms with Crippen molar-refractivity contribution in [2.45, 2.75) is 19.5 Å². The predicted octanol–water partition coefficient (Wildman–Crippen LogP) is 1.38. The molecule has 19 heavy (non-hydrogen) atoms. The van der Waals surface area contributed by atoms with Crippen LogP contribution in [0.25, 0.3) is 10.9 Å². The van der Waals surface area contributed by atoms with Crippen LogP contribution < -0.4 is 10.1 Å². The highest BCUT2D eigenvalue weighted by Crippen LogP contribution is 2.34. The number of fused-ring (bicyclic) bond motifs is 3. The Morgan fingerprint density at radius 1 is 1.53 bits per heavy atom. The molecule has 1 aliphatic heterocycles. The number of hydrogen-bond acceptors (Lipinski definition) is 3. The SMILES string of the molecule is COc1cccc2c(CC(=O)O)c3n(c12)CCNC3. The van der Waals surface area contributed by atoms with E-state index in [1.165, 1.54) is 0 Å². The first kappa shape index (κ1) is 12.0. The van der Waals surface area contributed by atoms with Crippen LogP contribution in [0.5, 0.6) is 5.75 Å². The van der Waals surface area contributed by atoms with Gasteiger partial charge in [0.1, 0.15) is 5.75 Å². The first-order valence-corrected chi connectivity index (χ1v) is 6.32. The van der Waals surface area contributed by atoms with Crippen molar-refractivity contribution in [2.75, 3.05) is 13.7 Å². The van der Waals surface area contributed by atoms with Gasteiger partial charge in [0.2, 0.25) is 0 Å². The van der Waals surface area contributed by atoms with Gasteiger partial charge in [-0.3, -0.25) is 4.79 Å². The number of ether oxygens (including phenoxy) is 1. The normalized spacial score (nSPS) is 14.4. The van der Waals surface area contributed by atoms with Gasteiger partial charge in [-0.1, -0.05) is 12.1 Å². The summed E-state index contributed by atoms with van der Waals surface area (Å²) in [5.41, 5.74) is 2.97. The smallest absolute Gasteiger partial charge is 0.307 e. The largest absolute Gasteiger partial charge is 0.495 e. The van der Waals surface area contributed by atoms with Crippen molar-refractivity contribution in [3.8, 4) is 5.75 Å². The molecule has 0 saturated heterocycles. The van der Waals surface area contributed by atoms with E-state index in [1.54, 1.807) is 7.11 Å². The van der Waals surface area contributed by atoms with E-state index in [2.05, 4.69) is 9.88 Å². The number of nitrogens with zero attached hydrogens (tertiary/aromatic N) is 1. The number of carboxylic acids is 1. The molecule has 2 heterocycles. The van der Waals surface area contributed by atoms with Gasteiger partial charge in [-0.15, -0.1) is 0 Å². The van der Waals surface area contributed by atoms with E-state index in [9.17, 15) is 4.79 Å². The molecule has 0 atom stereocenters. The lowest BCUT2D eigenvalue weighted by molar-refractivity contribution is -0.136. The number of nitrogens with one attached hydrogen (secondary N) is 1. The molecule has 0 unspecified atom stereocenters. The minimum Gasteiger partial charge on any atom is -0.495 e. The lowest BCUT2D eigenvalue weighted by atomic mass is 10.1. The first-order valence-electron chi connectivity index (χ1n) is 6.32. The van der Waals surface area contributed by atoms with Crippen LogP contribution in [0.4, 0.5) is 0 Å². The molecule has 1 aliphatic rings. The Morgan fingerprint density at radius 2 is 2.37 bits per heavy atom. The van der Waals surface area contributed by atoms with Gasteiger partial charge >= 0.3 is 5.97 Å². The maximum Gasteiger partial charge on any atom is 0.307 e. The molecule has 5 nitrogen and oxygen atoms in total. The van der Waals surface area contributed by atoms with Gasteiger partial charge in [-0.05, 0) is 11.6 Å². The summed E-state index contributed by atoms with van der Waals surface area (Å²) in [5, 5.41) is 13.4. The summed E-state index contributed by atoms with van der Waals surface area (Å²) in [4.78, 5) is 11.1. The number of methoxy groups -OCH3 is 1. The fourth-order valence-corrected chi connectivity index (χ4v) is 2.86. The molecule has 2 N–H and O–H groups in total. The van der Waals surface area contributed by atoms with E-state index in [4.69, 9.17) is 9.84 Å². The van der Waals surface area contributed by atoms with Crippen molar-refractivity contribution in [2.24, 2.45) is 0 Å². The molecule has 1 aromatic heterocycles. The number of aliphatic carboxylic acids is 1. The van der Waals surface area contributed by atoms with Crippen molar-refractivity contribution in [3.63, 3.8) is 0 Å². The molecule has 0 spiro atoms. The van der Waals surface area contributed by atoms with Gasteiger partial charge < -0.3 is 19.7 Å². The summed E-state index contributed by atoms with van der Waals surface area (Å²) in [7, 11) is 1.65. The molecular weight excluding hydrogens is 244 g/mol. The summed E-state index contributed by atoms with van der Waals surface area (Å²) in [6, 6.07) is 5.80. The molecule has 5 heteroatoms. The highest BCUT2D eigenvalue weighted by molar-refractivity contribution is 5.93. The molecule has 2 aromatic rings. The monoisotopic (exact) mass is 260 g/mol. The van der Waals surface area contributed by atoms with Gasteiger partial charge in [-0.2, -0.15) is 0 Å². The second-order valence-electron chi connectivity index (χ2n) is 4.68. The third-order valence-corrected chi connectivity index (χ3v) is 3.62. The van der Waals surface area contributed by atoms with Crippen LogP contribution in [0.15, 0.2) is 18.2 Å². The Labute approximate surface area is 110 Å². The van der Waals surface area contributed by atoms with Gasteiger partial charge in [0, 0.05) is 30.7 Å². The van der Waals surface area contributed by atoms with Crippen LogP contribution in [0, 0.1) is 0 Å². The predicted molar refractivity (Wildman–Crippen MR) is 71.5 cm³/mol. The fourth-order valence-electron chi connectivity index (χ4n) is 2.86. The van der Waals surface area contributed by atoms with Crippen LogP contribution in [0.1, 0.15) is 11.3 Å². The van der Waals surface area contributed by atoms with Gasteiger partial charge in [0.15, 0.2) is 0 Å². The number of hydrogen-bond donors (Lipinski definition) is 2. The number of benzene rings is 1. The van der Waals surface area contributed by atoms with Crippen LogP contribution in [0.3, 0.4) is 0 Å². The second-order valence-corrected chi connectivity index (χ2v) is 4.68. The van der Waals surface area contributed by atoms with Gasteiger partial charge in [-0.25, -0.2) is 0 Å². The molecule has 100 valence electrons. The highest BCUT2D eigenvalue weighted by Gasteiger charge is 2.22. The molecular formula is C14H16N2O3. The third-order valence-electron chi connectivity index (χ3n) is 3.62. The maximum atomic E-state index is 11.1. The molecule has 3 rings (SSSR count). The van der Waals surface area contributed by atoms with Crippen LogP contribution in [-0.2, 0) is 24.3 Å². The lowest BCUT2D eigenvalue weighted by Crippen LogP contribution is -2.28. The fraction of sp³-hybridized carbons (Fsp3) is 0.357. The number of rotatable bonds is 3. The van der Waals surface area contributed by atoms with Crippen molar-refractivity contribution >= 4 is 16.9 Å². The summed E-state index contributed by atoms with van der Waals surface area (Å²) in [6.45, 7) is 2.44. The van der Waals surface area contributed by atoms with E-state index in [0.29, 0.717) is 6.54 Å². The molecule has 1 aromatic carbocycles. The zero-order valence-electron chi connectivity index (χ0n) is 10.8. The van der Waals surface area contributed by atoms with Gasteiger partial charge in [0.25, 0.3) is 0 Å². The molecule has 0 bridgehead atoms. The van der Waals surface area contributed by atoms with Crippen LogP contribution in [-0.4, -0.2) is 29.3 Å². The van der Waals surface area contributed by atoms with E-state index < -0.39 is 5.97 Å². The summed E-state index contributed by atoms with van der Waals surface area (Å²) < 4.78 is 7.61. The van der Waals surface area contributed by atoms with Crippen LogP contribution >= 0.6 is 0 Å². The highest BCUT2D eigenvalue weighted by atomic mass is 16.5. The summed E-state index contributed by atoms with van der Waals surface area (Å²) in [6.07, 6.45) is 0.0493.